The van der Waals surface area contributed by atoms with Crippen molar-refractivity contribution < 1.29 is 9.63 Å². The van der Waals surface area contributed by atoms with Crippen LogP contribution in [0.2, 0.25) is 0 Å². The molecule has 0 aliphatic rings. The Morgan fingerprint density at radius 1 is 0.941 bits per heavy atom. The Morgan fingerprint density at radius 2 is 1.53 bits per heavy atom. The van der Waals surface area contributed by atoms with Gasteiger partial charge in [-0.25, -0.2) is 0 Å². The normalized spacial score (nSPS) is 10.4. The molecule has 0 amide bonds. The fourth-order valence-electron chi connectivity index (χ4n) is 1.29. The van der Waals surface area contributed by atoms with Crippen LogP contribution in [-0.4, -0.2) is 12.0 Å². The Labute approximate surface area is 99.3 Å². The molecule has 3 heteroatoms. The molecular formula is C14H11NO2. The summed E-state index contributed by atoms with van der Waals surface area (Å²) in [5, 5.41) is 3.64. The molecule has 0 saturated heterocycles. The molecule has 0 atom stereocenters. The summed E-state index contributed by atoms with van der Waals surface area (Å²) in [5.74, 6) is 0.422. The summed E-state index contributed by atoms with van der Waals surface area (Å²) < 4.78 is 0. The first-order chi connectivity index (χ1) is 8.36. The van der Waals surface area contributed by atoms with Gasteiger partial charge >= 0.3 is 0 Å². The van der Waals surface area contributed by atoms with Crippen LogP contribution in [-0.2, 0) is 0 Å². The zero-order valence-corrected chi connectivity index (χ0v) is 9.11. The van der Waals surface area contributed by atoms with E-state index in [1.54, 1.807) is 36.4 Å². The third-order valence-electron chi connectivity index (χ3n) is 2.13. The third-order valence-corrected chi connectivity index (χ3v) is 2.13. The van der Waals surface area contributed by atoms with E-state index in [-0.39, 0.29) is 5.78 Å². The lowest BCUT2D eigenvalue weighted by molar-refractivity contribution is 0.106. The minimum absolute atomic E-state index is 0.179. The molecule has 2 rings (SSSR count). The van der Waals surface area contributed by atoms with Crippen molar-refractivity contribution in [1.82, 2.24) is 0 Å². The van der Waals surface area contributed by atoms with Crippen LogP contribution in [0.1, 0.15) is 10.4 Å². The van der Waals surface area contributed by atoms with E-state index in [9.17, 15) is 4.79 Å². The Morgan fingerprint density at radius 3 is 2.18 bits per heavy atom. The van der Waals surface area contributed by atoms with E-state index < -0.39 is 0 Å². The minimum atomic E-state index is -0.179. The number of Topliss-reactive ketones (excluding diaryl/α,β-unsaturated/α-hetero) is 1. The van der Waals surface area contributed by atoms with Gasteiger partial charge < -0.3 is 4.84 Å². The number of hydrogen-bond donors (Lipinski definition) is 0. The number of rotatable bonds is 4. The number of carbonyl (C=O) groups is 1. The molecule has 0 unspecified atom stereocenters. The highest BCUT2D eigenvalue weighted by molar-refractivity contribution is 6.35. The molecular weight excluding hydrogens is 214 g/mol. The van der Waals surface area contributed by atoms with Crippen molar-refractivity contribution in [3.05, 3.63) is 66.2 Å². The van der Waals surface area contributed by atoms with E-state index in [4.69, 9.17) is 4.84 Å². The van der Waals surface area contributed by atoms with Crippen molar-refractivity contribution in [1.29, 1.82) is 0 Å². The smallest absolute Gasteiger partial charge is 0.207 e. The van der Waals surface area contributed by atoms with Gasteiger partial charge in [0.25, 0.3) is 0 Å². The lowest BCUT2D eigenvalue weighted by Gasteiger charge is -1.96. The first-order valence-electron chi connectivity index (χ1n) is 5.21. The summed E-state index contributed by atoms with van der Waals surface area (Å²) in [7, 11) is 0. The van der Waals surface area contributed by atoms with Gasteiger partial charge in [0.2, 0.25) is 5.78 Å². The molecule has 0 aliphatic carbocycles. The van der Waals surface area contributed by atoms with Gasteiger partial charge in [0.05, 0.1) is 0 Å². The second-order valence-corrected chi connectivity index (χ2v) is 3.37. The zero-order chi connectivity index (χ0) is 11.9. The van der Waals surface area contributed by atoms with E-state index in [0.717, 1.165) is 0 Å². The summed E-state index contributed by atoms with van der Waals surface area (Å²) in [6.07, 6.45) is 1.17. The molecule has 0 bridgehead atoms. The number of para-hydroxylation sites is 1. The number of benzene rings is 2. The van der Waals surface area contributed by atoms with Crippen LogP contribution in [0.15, 0.2) is 65.8 Å². The molecule has 0 aromatic heterocycles. The molecule has 2 aromatic rings. The monoisotopic (exact) mass is 225 g/mol. The number of oxime groups is 1. The van der Waals surface area contributed by atoms with Crippen molar-refractivity contribution in [3.8, 4) is 5.75 Å². The number of hydrogen-bond acceptors (Lipinski definition) is 3. The van der Waals surface area contributed by atoms with Crippen LogP contribution < -0.4 is 4.84 Å². The van der Waals surface area contributed by atoms with Gasteiger partial charge in [-0.05, 0) is 12.1 Å². The molecule has 0 N–H and O–H groups in total. The van der Waals surface area contributed by atoms with Crippen molar-refractivity contribution in [2.24, 2.45) is 5.16 Å². The van der Waals surface area contributed by atoms with Gasteiger partial charge in [0, 0.05) is 5.56 Å². The fraction of sp³-hybridized carbons (Fsp3) is 0. The zero-order valence-electron chi connectivity index (χ0n) is 9.11. The maximum atomic E-state index is 11.6. The van der Waals surface area contributed by atoms with Gasteiger partial charge in [0.15, 0.2) is 5.75 Å². The second-order valence-electron chi connectivity index (χ2n) is 3.37. The third kappa shape index (κ3) is 3.28. The largest absolute Gasteiger partial charge is 0.357 e. The highest BCUT2D eigenvalue weighted by atomic mass is 16.6. The van der Waals surface area contributed by atoms with E-state index in [2.05, 4.69) is 5.16 Å². The molecule has 84 valence electrons. The highest BCUT2D eigenvalue weighted by Gasteiger charge is 2.00. The number of nitrogens with zero attached hydrogens (tertiary/aromatic N) is 1. The van der Waals surface area contributed by atoms with Crippen molar-refractivity contribution in [2.75, 3.05) is 0 Å². The summed E-state index contributed by atoms with van der Waals surface area (Å²) in [6, 6.07) is 18.0. The Kier molecular flexibility index (Phi) is 3.65. The van der Waals surface area contributed by atoms with Gasteiger partial charge in [-0.15, -0.1) is 0 Å². The summed E-state index contributed by atoms with van der Waals surface area (Å²) in [6.45, 7) is 0. The molecule has 0 spiro atoms. The minimum Gasteiger partial charge on any atom is -0.357 e. The molecule has 17 heavy (non-hydrogen) atoms. The first kappa shape index (κ1) is 11.1. The van der Waals surface area contributed by atoms with Crippen LogP contribution in [0, 0.1) is 0 Å². The highest BCUT2D eigenvalue weighted by Crippen LogP contribution is 2.08. The van der Waals surface area contributed by atoms with Gasteiger partial charge in [-0.1, -0.05) is 53.7 Å². The molecule has 0 aliphatic heterocycles. The van der Waals surface area contributed by atoms with Crippen LogP contribution >= 0.6 is 0 Å². The van der Waals surface area contributed by atoms with E-state index in [1.807, 2.05) is 24.3 Å². The maximum Gasteiger partial charge on any atom is 0.207 e. The van der Waals surface area contributed by atoms with Crippen molar-refractivity contribution in [3.63, 3.8) is 0 Å². The van der Waals surface area contributed by atoms with Crippen LogP contribution in [0.5, 0.6) is 5.75 Å². The maximum absolute atomic E-state index is 11.6. The van der Waals surface area contributed by atoms with Crippen molar-refractivity contribution >= 4 is 12.0 Å². The van der Waals surface area contributed by atoms with Crippen LogP contribution in [0.3, 0.4) is 0 Å². The van der Waals surface area contributed by atoms with Crippen LogP contribution in [0.4, 0.5) is 0 Å². The molecule has 0 radical (unpaired) electrons. The molecule has 0 fully saturated rings. The standard InChI is InChI=1S/C14H11NO2/c16-14(12-7-3-1-4-8-12)11-15-17-13-9-5-2-6-10-13/h1-11H/b15-11+. The first-order valence-corrected chi connectivity index (χ1v) is 5.21. The average Bonchev–Trinajstić information content (AvgIpc) is 2.41. The predicted octanol–water partition coefficient (Wildman–Crippen LogP) is 2.93. The molecule has 3 nitrogen and oxygen atoms in total. The SMILES string of the molecule is O=C(/C=N/Oc1ccccc1)c1ccccc1. The van der Waals surface area contributed by atoms with Gasteiger partial charge in [-0.3, -0.25) is 4.79 Å². The average molecular weight is 225 g/mol. The van der Waals surface area contributed by atoms with Crippen LogP contribution in [0.25, 0.3) is 0 Å². The quantitative estimate of drug-likeness (QED) is 0.456. The lowest BCUT2D eigenvalue weighted by atomic mass is 10.1. The van der Waals surface area contributed by atoms with Gasteiger partial charge in [-0.2, -0.15) is 0 Å². The Balaban J connectivity index is 1.96. The van der Waals surface area contributed by atoms with Gasteiger partial charge in [0.1, 0.15) is 6.21 Å². The van der Waals surface area contributed by atoms with E-state index >= 15 is 0 Å². The second kappa shape index (κ2) is 5.61. The number of carbonyl (C=O) groups excluding carboxylic acids is 1. The van der Waals surface area contributed by atoms with E-state index in [0.29, 0.717) is 11.3 Å². The molecule has 2 aromatic carbocycles. The molecule has 0 saturated carbocycles. The van der Waals surface area contributed by atoms with E-state index in [1.165, 1.54) is 6.21 Å². The lowest BCUT2D eigenvalue weighted by Crippen LogP contribution is -2.00. The summed E-state index contributed by atoms with van der Waals surface area (Å²) in [4.78, 5) is 16.7. The Bertz CT molecular complexity index is 506. The predicted molar refractivity (Wildman–Crippen MR) is 66.3 cm³/mol. The molecule has 0 heterocycles. The Hall–Kier alpha value is -2.42. The summed E-state index contributed by atoms with van der Waals surface area (Å²) in [5.41, 5.74) is 0.591. The number of ketones is 1. The topological polar surface area (TPSA) is 38.7 Å². The fourth-order valence-corrected chi connectivity index (χ4v) is 1.29. The van der Waals surface area contributed by atoms with Crippen molar-refractivity contribution in [2.45, 2.75) is 0 Å². The summed E-state index contributed by atoms with van der Waals surface area (Å²) >= 11 is 0.